The zero-order chi connectivity index (χ0) is 39.0. The van der Waals surface area contributed by atoms with Crippen LogP contribution in [0.5, 0.6) is 0 Å². The monoisotopic (exact) mass is 869 g/mol. The molecule has 5 rings (SSSR count). The maximum atomic E-state index is 13.9. The Labute approximate surface area is 308 Å². The molecule has 0 N–H and O–H groups in total. The van der Waals surface area contributed by atoms with Crippen LogP contribution in [0.15, 0.2) is 71.8 Å². The first-order valence-corrected chi connectivity index (χ1v) is 33.7. The summed E-state index contributed by atoms with van der Waals surface area (Å²) in [4.78, 5) is 0. The first kappa shape index (κ1) is 41.4. The van der Waals surface area contributed by atoms with E-state index in [2.05, 4.69) is 65.1 Å². The Hall–Kier alpha value is -1.81. The summed E-state index contributed by atoms with van der Waals surface area (Å²) in [7, 11) is 16.8. The number of hydrogen-bond donors (Lipinski definition) is 0. The number of fused-ring (bicyclic) bond motifs is 2. The number of halogens is 11. The Bertz CT molecular complexity index is 1870. The van der Waals surface area contributed by atoms with Gasteiger partial charge in [-0.15, -0.1) is 0 Å². The Morgan fingerprint density at radius 2 is 1.17 bits per heavy atom. The molecule has 2 aliphatic carbocycles. The second kappa shape index (κ2) is 13.7. The van der Waals surface area contributed by atoms with Crippen LogP contribution in [0, 0.1) is 5.92 Å². The van der Waals surface area contributed by atoms with Crippen molar-refractivity contribution >= 4 is 35.1 Å². The van der Waals surface area contributed by atoms with E-state index in [1.165, 1.54) is 16.7 Å². The molecule has 0 nitrogen and oxygen atoms in total. The summed E-state index contributed by atoms with van der Waals surface area (Å²) in [6.07, 6.45) is -14.0. The third kappa shape index (κ3) is 6.05. The summed E-state index contributed by atoms with van der Waals surface area (Å²) in [6.45, 7) is 15.0. The van der Waals surface area contributed by atoms with Gasteiger partial charge in [-0.25, -0.2) is 0 Å². The SMILES string of the molecule is CCC(C)C1=Cc2c(C(C)CC)cccc2[CH]1[Zr]([Cl])([Cl])([CH]1C(C)=Cc2c(-c3ccc(C(C(F)(F)F)(C(F)(F)F)C(F)(F)F)cc3)cccc21)[SiH](C)C. The molecule has 3 aromatic carbocycles. The van der Waals surface area contributed by atoms with Gasteiger partial charge in [0.2, 0.25) is 0 Å². The van der Waals surface area contributed by atoms with Crippen LogP contribution in [0.4, 0.5) is 39.5 Å². The second-order valence-electron chi connectivity index (χ2n) is 14.9. The summed E-state index contributed by atoms with van der Waals surface area (Å²) in [6, 6.07) is 14.0. The van der Waals surface area contributed by atoms with E-state index in [4.69, 9.17) is 17.0 Å². The van der Waals surface area contributed by atoms with Crippen molar-refractivity contribution in [2.24, 2.45) is 5.92 Å². The van der Waals surface area contributed by atoms with Crippen LogP contribution in [-0.2, 0) is 21.0 Å². The van der Waals surface area contributed by atoms with E-state index in [1.807, 2.05) is 19.1 Å². The fourth-order valence-electron chi connectivity index (χ4n) is 8.62. The third-order valence-corrected chi connectivity index (χ3v) is 63.8. The molecule has 2 aliphatic rings. The number of hydrogen-bond acceptors (Lipinski definition) is 0. The molecule has 13 heteroatoms. The molecule has 0 aromatic heterocycles. The summed E-state index contributed by atoms with van der Waals surface area (Å²) >= 11 is -5.19. The zero-order valence-corrected chi connectivity index (χ0v) is 35.0. The van der Waals surface area contributed by atoms with Gasteiger partial charge in [0.15, 0.2) is 0 Å². The molecule has 283 valence electrons. The van der Waals surface area contributed by atoms with Crippen LogP contribution in [0.2, 0.25) is 13.1 Å². The van der Waals surface area contributed by atoms with Crippen LogP contribution in [0.1, 0.15) is 94.0 Å². The molecule has 52 heavy (non-hydrogen) atoms. The van der Waals surface area contributed by atoms with E-state index in [0.29, 0.717) is 17.0 Å². The standard InChI is InChI=1S/C20H12F9.C17H23.C2H7Si.2ClH.Zr/c1-11-9-13-3-2-4-15(16(13)10-11)12-5-7-14(8-6-12)17(18(21,22)23,19(24,25)26)20(27,28)29;1-5-12(3)15-10-14-8-7-9-16(13(4)6-2)17(14)11-15;1-3-2;;;/h2-10H,1H3;7-13H,5-6H2,1-4H3;3H,1-2H3;2*1H;/q;;;;;+2/p-2. The van der Waals surface area contributed by atoms with Crippen molar-refractivity contribution in [3.63, 3.8) is 0 Å². The van der Waals surface area contributed by atoms with Crippen molar-refractivity contribution < 1.29 is 55.1 Å². The van der Waals surface area contributed by atoms with E-state index in [9.17, 15) is 39.5 Å². The number of rotatable bonds is 9. The quantitative estimate of drug-likeness (QED) is 0.148. The first-order valence-electron chi connectivity index (χ1n) is 17.4. The average molecular weight is 872 g/mol. The molecular weight excluding hydrogens is 830 g/mol. The first-order chi connectivity index (χ1) is 23.9. The Morgan fingerprint density at radius 1 is 0.673 bits per heavy atom. The van der Waals surface area contributed by atoms with E-state index in [1.54, 1.807) is 12.1 Å². The summed E-state index contributed by atoms with van der Waals surface area (Å²) < 4.78 is 124. The van der Waals surface area contributed by atoms with E-state index < -0.39 is 51.0 Å². The fraction of sp³-hybridized carbons (Fsp3) is 0.436. The van der Waals surface area contributed by atoms with E-state index in [0.717, 1.165) is 41.7 Å². The molecule has 0 spiro atoms. The molecule has 3 aromatic rings. The third-order valence-electron chi connectivity index (χ3n) is 11.8. The van der Waals surface area contributed by atoms with Gasteiger partial charge in [0.25, 0.3) is 0 Å². The Morgan fingerprint density at radius 3 is 1.65 bits per heavy atom. The predicted molar refractivity (Wildman–Crippen MR) is 194 cm³/mol. The van der Waals surface area contributed by atoms with Crippen LogP contribution in [-0.4, -0.2) is 24.5 Å². The second-order valence-corrected chi connectivity index (χ2v) is 57.4. The minimum atomic E-state index is -6.70. The van der Waals surface area contributed by atoms with Gasteiger partial charge in [-0.05, 0) is 0 Å². The molecule has 0 amide bonds. The summed E-state index contributed by atoms with van der Waals surface area (Å²) in [5, 5.41) is 0. The number of alkyl halides is 9. The Kier molecular flexibility index (Phi) is 10.9. The van der Waals surface area contributed by atoms with Crippen molar-refractivity contribution in [1.29, 1.82) is 0 Å². The molecule has 0 saturated carbocycles. The van der Waals surface area contributed by atoms with Gasteiger partial charge in [0.05, 0.1) is 0 Å². The maximum absolute atomic E-state index is 13.9. The molecule has 0 bridgehead atoms. The van der Waals surface area contributed by atoms with Crippen LogP contribution in [0.3, 0.4) is 0 Å². The average Bonchev–Trinajstić information content (AvgIpc) is 3.61. The van der Waals surface area contributed by atoms with Crippen molar-refractivity contribution in [3.05, 3.63) is 105 Å². The number of allylic oxidation sites excluding steroid dienone is 2. The van der Waals surface area contributed by atoms with Crippen molar-refractivity contribution in [1.82, 2.24) is 0 Å². The van der Waals surface area contributed by atoms with Gasteiger partial charge >= 0.3 is 310 Å². The topological polar surface area (TPSA) is 0 Å². The molecular formula is C39H42Cl2F9SiZr. The zero-order valence-electron chi connectivity index (χ0n) is 29.9. The minimum absolute atomic E-state index is 0.163. The van der Waals surface area contributed by atoms with Gasteiger partial charge in [-0.1, -0.05) is 0 Å². The molecule has 0 heterocycles. The Balaban J connectivity index is 1.70. The molecule has 0 radical (unpaired) electrons. The van der Waals surface area contributed by atoms with E-state index >= 15 is 0 Å². The summed E-state index contributed by atoms with van der Waals surface area (Å²) in [5.41, 5.74) is -0.230. The van der Waals surface area contributed by atoms with E-state index in [-0.39, 0.29) is 30.9 Å². The van der Waals surface area contributed by atoms with Gasteiger partial charge in [0, 0.05) is 0 Å². The van der Waals surface area contributed by atoms with Gasteiger partial charge in [0.1, 0.15) is 0 Å². The fourth-order valence-corrected chi connectivity index (χ4v) is 40.7. The van der Waals surface area contributed by atoms with Crippen LogP contribution in [0.25, 0.3) is 23.3 Å². The summed E-state index contributed by atoms with van der Waals surface area (Å²) in [5.74, 6) is -1.45. The molecule has 0 fully saturated rings. The molecule has 0 saturated heterocycles. The van der Waals surface area contributed by atoms with Gasteiger partial charge in [-0.2, -0.15) is 0 Å². The van der Waals surface area contributed by atoms with Crippen molar-refractivity contribution in [2.45, 2.75) is 97.7 Å². The van der Waals surface area contributed by atoms with Gasteiger partial charge < -0.3 is 0 Å². The van der Waals surface area contributed by atoms with Gasteiger partial charge in [-0.3, -0.25) is 0 Å². The predicted octanol–water partition coefficient (Wildman–Crippen LogP) is 14.4. The number of benzene rings is 3. The normalized spacial score (nSPS) is 20.2. The van der Waals surface area contributed by atoms with Crippen molar-refractivity contribution in [3.8, 4) is 11.1 Å². The molecule has 0 aliphatic heterocycles. The molecule has 4 atom stereocenters. The van der Waals surface area contributed by atoms with Crippen molar-refractivity contribution in [2.75, 3.05) is 0 Å². The van der Waals surface area contributed by atoms with Crippen LogP contribution < -0.4 is 0 Å². The van der Waals surface area contributed by atoms with Crippen LogP contribution >= 0.6 is 17.0 Å². The molecule has 4 unspecified atom stereocenters.